The average molecular weight is 262 g/mol. The summed E-state index contributed by atoms with van der Waals surface area (Å²) in [6, 6.07) is 8.24. The van der Waals surface area contributed by atoms with Gasteiger partial charge in [-0.2, -0.15) is 0 Å². The second-order valence-corrected chi connectivity index (χ2v) is 6.31. The summed E-state index contributed by atoms with van der Waals surface area (Å²) in [5, 5.41) is 14.3. The first-order valence-electron chi connectivity index (χ1n) is 6.47. The minimum Gasteiger partial charge on any atom is -0.396 e. The third-order valence-corrected chi connectivity index (χ3v) is 4.80. The minimum atomic E-state index is -0.00781. The van der Waals surface area contributed by atoms with Crippen LogP contribution in [0.2, 0.25) is 0 Å². The van der Waals surface area contributed by atoms with Gasteiger partial charge in [0.2, 0.25) is 0 Å². The molecule has 0 spiro atoms. The van der Waals surface area contributed by atoms with Gasteiger partial charge in [-0.05, 0) is 31.5 Å². The molecule has 1 saturated heterocycles. The second kappa shape index (κ2) is 4.96. The van der Waals surface area contributed by atoms with Gasteiger partial charge in [0.05, 0.1) is 21.8 Å². The third-order valence-electron chi connectivity index (χ3n) is 3.76. The van der Waals surface area contributed by atoms with Crippen LogP contribution >= 0.6 is 11.3 Å². The molecule has 1 fully saturated rings. The van der Waals surface area contributed by atoms with Gasteiger partial charge in [0, 0.05) is 18.4 Å². The lowest BCUT2D eigenvalue weighted by Gasteiger charge is -2.35. The van der Waals surface area contributed by atoms with Crippen LogP contribution in [0.15, 0.2) is 24.3 Å². The van der Waals surface area contributed by atoms with E-state index in [2.05, 4.69) is 22.4 Å². The Kier molecular flexibility index (Phi) is 3.33. The van der Waals surface area contributed by atoms with Gasteiger partial charge in [-0.15, -0.1) is 11.3 Å². The zero-order valence-electron chi connectivity index (χ0n) is 10.4. The van der Waals surface area contributed by atoms with Crippen LogP contribution < -0.4 is 5.32 Å². The van der Waals surface area contributed by atoms with Gasteiger partial charge in [-0.25, -0.2) is 4.98 Å². The molecule has 4 heteroatoms. The monoisotopic (exact) mass is 262 g/mol. The van der Waals surface area contributed by atoms with Gasteiger partial charge >= 0.3 is 0 Å². The summed E-state index contributed by atoms with van der Waals surface area (Å²) >= 11 is 1.75. The highest BCUT2D eigenvalue weighted by atomic mass is 32.1. The Morgan fingerprint density at radius 1 is 1.39 bits per heavy atom. The number of rotatable bonds is 3. The fraction of sp³-hybridized carbons (Fsp3) is 0.500. The number of aliphatic hydroxyl groups is 1. The summed E-state index contributed by atoms with van der Waals surface area (Å²) in [5.74, 6) is 0. The zero-order valence-corrected chi connectivity index (χ0v) is 11.2. The zero-order chi connectivity index (χ0) is 12.4. The quantitative estimate of drug-likeness (QED) is 0.891. The summed E-state index contributed by atoms with van der Waals surface area (Å²) in [4.78, 5) is 4.68. The number of benzene rings is 1. The van der Waals surface area contributed by atoms with E-state index < -0.39 is 0 Å². The van der Waals surface area contributed by atoms with Crippen molar-refractivity contribution in [3.05, 3.63) is 29.3 Å². The standard InChI is InChI=1S/C14H18N2OS/c17-10-14(6-3-7-15-9-14)8-13-16-11-4-1-2-5-12(11)18-13/h1-2,4-5,15,17H,3,6-10H2. The average Bonchev–Trinajstić information content (AvgIpc) is 2.81. The molecule has 1 aromatic carbocycles. The molecule has 0 radical (unpaired) electrons. The van der Waals surface area contributed by atoms with E-state index in [1.165, 1.54) is 4.70 Å². The van der Waals surface area contributed by atoms with Crippen LogP contribution in [0, 0.1) is 5.41 Å². The number of nitrogens with one attached hydrogen (secondary N) is 1. The Morgan fingerprint density at radius 3 is 3.00 bits per heavy atom. The molecule has 2 N–H and O–H groups in total. The van der Waals surface area contributed by atoms with Crippen molar-refractivity contribution in [3.8, 4) is 0 Å². The lowest BCUT2D eigenvalue weighted by molar-refractivity contribution is 0.0948. The summed E-state index contributed by atoms with van der Waals surface area (Å²) in [6.45, 7) is 2.22. The molecule has 3 nitrogen and oxygen atoms in total. The number of thiazole rings is 1. The first-order valence-corrected chi connectivity index (χ1v) is 7.29. The van der Waals surface area contributed by atoms with Crippen molar-refractivity contribution in [2.24, 2.45) is 5.41 Å². The number of aliphatic hydroxyl groups excluding tert-OH is 1. The van der Waals surface area contributed by atoms with Crippen LogP contribution in [0.4, 0.5) is 0 Å². The van der Waals surface area contributed by atoms with Gasteiger partial charge < -0.3 is 10.4 Å². The lowest BCUT2D eigenvalue weighted by Crippen LogP contribution is -2.44. The Bertz CT molecular complexity index is 498. The number of aromatic nitrogens is 1. The van der Waals surface area contributed by atoms with Gasteiger partial charge in [0.15, 0.2) is 0 Å². The van der Waals surface area contributed by atoms with Crippen molar-refractivity contribution in [2.75, 3.05) is 19.7 Å². The molecular weight excluding hydrogens is 244 g/mol. The van der Waals surface area contributed by atoms with Crippen molar-refractivity contribution in [2.45, 2.75) is 19.3 Å². The molecule has 0 amide bonds. The topological polar surface area (TPSA) is 45.2 Å². The Balaban J connectivity index is 1.85. The highest BCUT2D eigenvalue weighted by Crippen LogP contribution is 2.33. The molecule has 0 saturated carbocycles. The number of hydrogen-bond donors (Lipinski definition) is 2. The van der Waals surface area contributed by atoms with Crippen LogP contribution in [0.5, 0.6) is 0 Å². The molecule has 18 heavy (non-hydrogen) atoms. The molecule has 1 aliphatic heterocycles. The normalized spacial score (nSPS) is 24.5. The molecule has 1 unspecified atom stereocenters. The van der Waals surface area contributed by atoms with E-state index in [-0.39, 0.29) is 12.0 Å². The Morgan fingerprint density at radius 2 is 2.28 bits per heavy atom. The predicted molar refractivity (Wildman–Crippen MR) is 74.9 cm³/mol. The van der Waals surface area contributed by atoms with E-state index in [9.17, 15) is 5.11 Å². The molecule has 1 atom stereocenters. The number of fused-ring (bicyclic) bond motifs is 1. The van der Waals surface area contributed by atoms with Crippen LogP contribution in [-0.2, 0) is 6.42 Å². The fourth-order valence-electron chi connectivity index (χ4n) is 2.69. The van der Waals surface area contributed by atoms with E-state index in [4.69, 9.17) is 0 Å². The first-order chi connectivity index (χ1) is 8.81. The first kappa shape index (κ1) is 12.1. The smallest absolute Gasteiger partial charge is 0.0945 e. The molecule has 3 rings (SSSR count). The third kappa shape index (κ3) is 2.28. The fourth-order valence-corrected chi connectivity index (χ4v) is 3.83. The van der Waals surface area contributed by atoms with Crippen molar-refractivity contribution in [1.82, 2.24) is 10.3 Å². The van der Waals surface area contributed by atoms with E-state index in [1.54, 1.807) is 11.3 Å². The van der Waals surface area contributed by atoms with Gasteiger partial charge in [-0.3, -0.25) is 0 Å². The number of hydrogen-bond acceptors (Lipinski definition) is 4. The summed E-state index contributed by atoms with van der Waals surface area (Å²) in [5.41, 5.74) is 1.07. The molecule has 1 aliphatic rings. The molecule has 0 aliphatic carbocycles. The number of para-hydroxylation sites is 1. The molecule has 96 valence electrons. The molecule has 0 bridgehead atoms. The van der Waals surface area contributed by atoms with Crippen LogP contribution in [-0.4, -0.2) is 29.8 Å². The van der Waals surface area contributed by atoms with Crippen molar-refractivity contribution in [3.63, 3.8) is 0 Å². The molecular formula is C14H18N2OS. The summed E-state index contributed by atoms with van der Waals surface area (Å²) in [7, 11) is 0. The van der Waals surface area contributed by atoms with Crippen LogP contribution in [0.3, 0.4) is 0 Å². The maximum Gasteiger partial charge on any atom is 0.0945 e. The van der Waals surface area contributed by atoms with E-state index in [0.717, 1.165) is 42.9 Å². The second-order valence-electron chi connectivity index (χ2n) is 5.19. The molecule has 2 aromatic rings. The van der Waals surface area contributed by atoms with Crippen molar-refractivity contribution < 1.29 is 5.11 Å². The van der Waals surface area contributed by atoms with Crippen LogP contribution in [0.1, 0.15) is 17.8 Å². The molecule has 2 heterocycles. The number of nitrogens with zero attached hydrogens (tertiary/aromatic N) is 1. The maximum absolute atomic E-state index is 9.71. The van der Waals surface area contributed by atoms with Crippen molar-refractivity contribution in [1.29, 1.82) is 0 Å². The van der Waals surface area contributed by atoms with E-state index in [1.807, 2.05) is 12.1 Å². The van der Waals surface area contributed by atoms with Gasteiger partial charge in [-0.1, -0.05) is 12.1 Å². The lowest BCUT2D eigenvalue weighted by atomic mass is 9.79. The van der Waals surface area contributed by atoms with Crippen molar-refractivity contribution >= 4 is 21.6 Å². The predicted octanol–water partition coefficient (Wildman–Crippen LogP) is 2.20. The maximum atomic E-state index is 9.71. The summed E-state index contributed by atoms with van der Waals surface area (Å²) in [6.07, 6.45) is 3.12. The SMILES string of the molecule is OCC1(Cc2nc3ccccc3s2)CCCNC1. The Hall–Kier alpha value is -0.970. The summed E-state index contributed by atoms with van der Waals surface area (Å²) < 4.78 is 1.24. The van der Waals surface area contributed by atoms with Crippen LogP contribution in [0.25, 0.3) is 10.2 Å². The number of piperidine rings is 1. The van der Waals surface area contributed by atoms with Gasteiger partial charge in [0.1, 0.15) is 0 Å². The highest BCUT2D eigenvalue weighted by Gasteiger charge is 2.32. The largest absolute Gasteiger partial charge is 0.396 e. The van der Waals surface area contributed by atoms with E-state index in [0.29, 0.717) is 0 Å². The van der Waals surface area contributed by atoms with Gasteiger partial charge in [0.25, 0.3) is 0 Å². The Labute approximate surface area is 111 Å². The van der Waals surface area contributed by atoms with E-state index >= 15 is 0 Å². The highest BCUT2D eigenvalue weighted by molar-refractivity contribution is 7.18. The molecule has 1 aromatic heterocycles. The minimum absolute atomic E-state index is 0.00781.